The van der Waals surface area contributed by atoms with Gasteiger partial charge < -0.3 is 0 Å². The first-order valence-corrected chi connectivity index (χ1v) is 7.04. The number of hydrogen-bond acceptors (Lipinski definition) is 2. The SMILES string of the molecule is C=Cc1c(F)c(F)c(S(=O)(=O)O)c(C=CC)c1C(=C)C. The van der Waals surface area contributed by atoms with Crippen LogP contribution in [-0.2, 0) is 10.1 Å². The van der Waals surface area contributed by atoms with Gasteiger partial charge in [-0.15, -0.1) is 0 Å². The lowest BCUT2D eigenvalue weighted by Gasteiger charge is -2.16. The highest BCUT2D eigenvalue weighted by atomic mass is 32.2. The van der Waals surface area contributed by atoms with Gasteiger partial charge in [-0.1, -0.05) is 31.4 Å². The second-order valence-electron chi connectivity index (χ2n) is 4.12. The first kappa shape index (κ1) is 16.3. The number of benzene rings is 1. The molecule has 0 radical (unpaired) electrons. The number of allylic oxidation sites excluding steroid dienone is 2. The van der Waals surface area contributed by atoms with Crippen LogP contribution in [0.4, 0.5) is 8.78 Å². The van der Waals surface area contributed by atoms with E-state index in [9.17, 15) is 17.2 Å². The van der Waals surface area contributed by atoms with Crippen molar-refractivity contribution >= 4 is 27.8 Å². The number of halogens is 2. The average Bonchev–Trinajstić information content (AvgIpc) is 2.31. The molecule has 20 heavy (non-hydrogen) atoms. The van der Waals surface area contributed by atoms with Crippen LogP contribution in [0.2, 0.25) is 0 Å². The van der Waals surface area contributed by atoms with Gasteiger partial charge in [0.15, 0.2) is 11.6 Å². The van der Waals surface area contributed by atoms with Gasteiger partial charge in [-0.25, -0.2) is 8.78 Å². The Kier molecular flexibility index (Phi) is 4.62. The van der Waals surface area contributed by atoms with Gasteiger partial charge in [0.2, 0.25) is 0 Å². The van der Waals surface area contributed by atoms with E-state index >= 15 is 0 Å². The average molecular weight is 300 g/mol. The molecule has 0 aliphatic rings. The quantitative estimate of drug-likeness (QED) is 0.857. The predicted molar refractivity (Wildman–Crippen MR) is 75.7 cm³/mol. The second-order valence-corrected chi connectivity index (χ2v) is 5.48. The minimum Gasteiger partial charge on any atom is -0.282 e. The molecule has 0 amide bonds. The van der Waals surface area contributed by atoms with Crippen molar-refractivity contribution in [3.63, 3.8) is 0 Å². The van der Waals surface area contributed by atoms with Gasteiger partial charge in [0.05, 0.1) is 0 Å². The van der Waals surface area contributed by atoms with Gasteiger partial charge in [0, 0.05) is 11.1 Å². The number of rotatable bonds is 4. The molecule has 0 saturated carbocycles. The Balaban J connectivity index is 4.16. The fourth-order valence-corrected chi connectivity index (χ4v) is 2.70. The molecule has 0 atom stereocenters. The van der Waals surface area contributed by atoms with E-state index in [1.54, 1.807) is 6.92 Å². The highest BCUT2D eigenvalue weighted by Crippen LogP contribution is 2.34. The molecule has 1 N–H and O–H groups in total. The molecule has 108 valence electrons. The molecule has 0 spiro atoms. The van der Waals surface area contributed by atoms with Crippen molar-refractivity contribution in [2.24, 2.45) is 0 Å². The van der Waals surface area contributed by atoms with E-state index < -0.39 is 26.6 Å². The Labute approximate surface area is 116 Å². The van der Waals surface area contributed by atoms with Gasteiger partial charge in [-0.05, 0) is 25.0 Å². The number of hydrogen-bond donors (Lipinski definition) is 1. The van der Waals surface area contributed by atoms with E-state index in [1.807, 2.05) is 0 Å². The molecule has 0 saturated heterocycles. The maximum Gasteiger partial charge on any atom is 0.298 e. The maximum absolute atomic E-state index is 13.9. The molecule has 0 aromatic heterocycles. The van der Waals surface area contributed by atoms with Crippen molar-refractivity contribution < 1.29 is 21.8 Å². The van der Waals surface area contributed by atoms with Crippen LogP contribution in [0.5, 0.6) is 0 Å². The van der Waals surface area contributed by atoms with Gasteiger partial charge in [-0.2, -0.15) is 8.42 Å². The second kappa shape index (κ2) is 5.68. The van der Waals surface area contributed by atoms with E-state index in [4.69, 9.17) is 4.55 Å². The first-order chi connectivity index (χ1) is 9.16. The van der Waals surface area contributed by atoms with Crippen LogP contribution in [0.3, 0.4) is 0 Å². The third-order valence-corrected chi connectivity index (χ3v) is 3.55. The summed E-state index contributed by atoms with van der Waals surface area (Å²) in [5, 5.41) is 0. The molecular weight excluding hydrogens is 286 g/mol. The normalized spacial score (nSPS) is 11.8. The lowest BCUT2D eigenvalue weighted by Crippen LogP contribution is -2.11. The molecular formula is C14H14F2O3S. The van der Waals surface area contributed by atoms with Crippen LogP contribution in [0, 0.1) is 11.6 Å². The van der Waals surface area contributed by atoms with E-state index in [0.717, 1.165) is 6.08 Å². The third kappa shape index (κ3) is 2.71. The van der Waals surface area contributed by atoms with Crippen LogP contribution in [0.15, 0.2) is 24.1 Å². The molecule has 0 fully saturated rings. The molecule has 6 heteroatoms. The molecule has 0 unspecified atom stereocenters. The Morgan fingerprint density at radius 1 is 1.25 bits per heavy atom. The zero-order chi connectivity index (χ0) is 15.7. The Hall–Kier alpha value is -1.79. The van der Waals surface area contributed by atoms with E-state index in [0.29, 0.717) is 5.57 Å². The van der Waals surface area contributed by atoms with Crippen molar-refractivity contribution in [2.45, 2.75) is 18.7 Å². The Bertz CT molecular complexity index is 717. The summed E-state index contributed by atoms with van der Waals surface area (Å²) in [6.45, 7) is 10.1. The largest absolute Gasteiger partial charge is 0.298 e. The van der Waals surface area contributed by atoms with Crippen molar-refractivity contribution in [1.82, 2.24) is 0 Å². The zero-order valence-corrected chi connectivity index (χ0v) is 11.9. The molecule has 1 rings (SSSR count). The Morgan fingerprint density at radius 3 is 2.15 bits per heavy atom. The van der Waals surface area contributed by atoms with E-state index in [2.05, 4.69) is 13.2 Å². The van der Waals surface area contributed by atoms with Gasteiger partial charge >= 0.3 is 0 Å². The van der Waals surface area contributed by atoms with Crippen molar-refractivity contribution in [3.05, 3.63) is 47.6 Å². The van der Waals surface area contributed by atoms with Crippen molar-refractivity contribution in [3.8, 4) is 0 Å². The van der Waals surface area contributed by atoms with Gasteiger partial charge in [-0.3, -0.25) is 4.55 Å². The minimum atomic E-state index is -4.93. The summed E-state index contributed by atoms with van der Waals surface area (Å²) in [6, 6.07) is 0. The van der Waals surface area contributed by atoms with Crippen LogP contribution >= 0.6 is 0 Å². The van der Waals surface area contributed by atoms with Gasteiger partial charge in [0.25, 0.3) is 10.1 Å². The highest BCUT2D eigenvalue weighted by Gasteiger charge is 2.29. The monoisotopic (exact) mass is 300 g/mol. The van der Waals surface area contributed by atoms with Crippen LogP contribution in [-0.4, -0.2) is 13.0 Å². The lowest BCUT2D eigenvalue weighted by molar-refractivity contribution is 0.452. The fourth-order valence-electron chi connectivity index (χ4n) is 1.93. The zero-order valence-electron chi connectivity index (χ0n) is 11.1. The summed E-state index contributed by atoms with van der Waals surface area (Å²) in [7, 11) is -4.93. The van der Waals surface area contributed by atoms with Crippen LogP contribution in [0.1, 0.15) is 30.5 Å². The highest BCUT2D eigenvalue weighted by molar-refractivity contribution is 7.86. The standard InChI is InChI=1S/C14H14F2O3S/c1-5-7-10-11(8(3)4)9(6-2)12(15)13(16)14(10)20(17,18)19/h5-7H,2-3H2,1,4H3,(H,17,18,19). The van der Waals surface area contributed by atoms with E-state index in [-0.39, 0.29) is 16.7 Å². The van der Waals surface area contributed by atoms with Crippen molar-refractivity contribution in [2.75, 3.05) is 0 Å². The lowest BCUT2D eigenvalue weighted by atomic mass is 9.94. The molecule has 0 aliphatic carbocycles. The predicted octanol–water partition coefficient (Wildman–Crippen LogP) is 3.92. The first-order valence-electron chi connectivity index (χ1n) is 5.60. The van der Waals surface area contributed by atoms with E-state index in [1.165, 1.54) is 19.1 Å². The van der Waals surface area contributed by atoms with Crippen molar-refractivity contribution in [1.29, 1.82) is 0 Å². The summed E-state index contributed by atoms with van der Waals surface area (Å²) < 4.78 is 59.7. The summed E-state index contributed by atoms with van der Waals surface area (Å²) in [6.07, 6.45) is 3.78. The molecule has 3 nitrogen and oxygen atoms in total. The Morgan fingerprint density at radius 2 is 1.80 bits per heavy atom. The summed E-state index contributed by atoms with van der Waals surface area (Å²) >= 11 is 0. The maximum atomic E-state index is 13.9. The molecule has 0 aliphatic heterocycles. The third-order valence-electron chi connectivity index (χ3n) is 2.63. The fraction of sp³-hybridized carbons (Fsp3) is 0.143. The summed E-state index contributed by atoms with van der Waals surface area (Å²) in [4.78, 5) is -1.10. The van der Waals surface area contributed by atoms with Crippen LogP contribution in [0.25, 0.3) is 17.7 Å². The van der Waals surface area contributed by atoms with Gasteiger partial charge in [0.1, 0.15) is 4.90 Å². The molecule has 0 bridgehead atoms. The smallest absolute Gasteiger partial charge is 0.282 e. The summed E-state index contributed by atoms with van der Waals surface area (Å²) in [5.74, 6) is -3.03. The minimum absolute atomic E-state index is 0.0876. The van der Waals surface area contributed by atoms with Crippen LogP contribution < -0.4 is 0 Å². The molecule has 1 aromatic carbocycles. The molecule has 0 heterocycles. The summed E-state index contributed by atoms with van der Waals surface area (Å²) in [5.41, 5.74) is 0.0493. The molecule has 1 aromatic rings. The topological polar surface area (TPSA) is 54.4 Å².